The summed E-state index contributed by atoms with van der Waals surface area (Å²) < 4.78 is 43.6. The number of hydrogen-bond donors (Lipinski definition) is 6. The highest BCUT2D eigenvalue weighted by Gasteiger charge is 2.38. The van der Waals surface area contributed by atoms with Crippen LogP contribution in [0.2, 0.25) is 0 Å². The van der Waals surface area contributed by atoms with E-state index in [1.165, 1.54) is 0 Å². The van der Waals surface area contributed by atoms with E-state index in [-0.39, 0.29) is 11.9 Å². The highest BCUT2D eigenvalue weighted by molar-refractivity contribution is 5.98. The second-order valence-electron chi connectivity index (χ2n) is 10.6. The van der Waals surface area contributed by atoms with E-state index in [1.807, 2.05) is 88.7 Å². The Labute approximate surface area is 287 Å². The lowest BCUT2D eigenvalue weighted by Gasteiger charge is -2.25. The van der Waals surface area contributed by atoms with Crippen LogP contribution in [0.25, 0.3) is 0 Å². The molecule has 0 fully saturated rings. The van der Waals surface area contributed by atoms with Crippen molar-refractivity contribution in [1.82, 2.24) is 10.2 Å². The topological polar surface area (TPSA) is 203 Å². The zero-order chi connectivity index (χ0) is 38.0. The molecule has 0 bridgehead atoms. The van der Waals surface area contributed by atoms with Gasteiger partial charge in [-0.05, 0) is 75.1 Å². The van der Waals surface area contributed by atoms with Crippen molar-refractivity contribution in [2.24, 2.45) is 10.8 Å². The fraction of sp³-hybridized carbons (Fsp3) is 0.303. The fourth-order valence-corrected chi connectivity index (χ4v) is 4.04. The number of para-hydroxylation sites is 1. The lowest BCUT2D eigenvalue weighted by atomic mass is 10.0. The van der Waals surface area contributed by atoms with Gasteiger partial charge in [0, 0.05) is 31.8 Å². The Hall–Kier alpha value is -5.84. The summed E-state index contributed by atoms with van der Waals surface area (Å²) in [5, 5.41) is 34.8. The molecule has 0 aliphatic carbocycles. The Morgan fingerprint density at radius 2 is 1.58 bits per heavy atom. The number of nitrogens with one attached hydrogen (secondary N) is 3. The molecule has 0 spiro atoms. The van der Waals surface area contributed by atoms with Crippen molar-refractivity contribution >= 4 is 41.4 Å². The molecule has 17 heteroatoms. The van der Waals surface area contributed by atoms with Crippen LogP contribution in [0.4, 0.5) is 24.5 Å². The van der Waals surface area contributed by atoms with Gasteiger partial charge in [0.25, 0.3) is 5.97 Å². The number of likely N-dealkylation sites (N-methyl/N-ethyl adjacent to an activating group) is 1. The quantitative estimate of drug-likeness (QED) is 0.0638. The lowest BCUT2D eigenvalue weighted by molar-refractivity contribution is -0.192. The molecule has 0 radical (unpaired) electrons. The van der Waals surface area contributed by atoms with Gasteiger partial charge in [0.05, 0.1) is 12.8 Å². The number of methoxy groups -OCH3 is 1. The van der Waals surface area contributed by atoms with Gasteiger partial charge in [-0.15, -0.1) is 0 Å². The molecule has 1 amide bonds. The highest BCUT2D eigenvalue weighted by Crippen LogP contribution is 2.33. The van der Waals surface area contributed by atoms with Crippen molar-refractivity contribution in [1.29, 1.82) is 5.41 Å². The first-order valence-electron chi connectivity index (χ1n) is 14.7. The number of carboxylic acid groups (broad SMARTS) is 2. The minimum Gasteiger partial charge on any atom is -0.493 e. The number of rotatable bonds is 13. The molecule has 0 saturated carbocycles. The Kier molecular flexibility index (Phi) is 17.3. The third-order valence-electron chi connectivity index (χ3n) is 6.09. The zero-order valence-corrected chi connectivity index (χ0v) is 28.4. The molecule has 0 aliphatic heterocycles. The Balaban J connectivity index is 0.000000983. The average molecular weight is 706 g/mol. The van der Waals surface area contributed by atoms with Crippen LogP contribution in [0, 0.1) is 5.41 Å². The van der Waals surface area contributed by atoms with Crippen LogP contribution < -0.4 is 30.8 Å². The number of ether oxygens (including phenoxy) is 2. The van der Waals surface area contributed by atoms with Crippen molar-refractivity contribution < 1.29 is 47.2 Å². The van der Waals surface area contributed by atoms with Crippen LogP contribution in [0.1, 0.15) is 31.0 Å². The van der Waals surface area contributed by atoms with Crippen LogP contribution in [0.5, 0.6) is 11.5 Å². The number of aliphatic carboxylic acids is 2. The molecule has 272 valence electrons. The summed E-state index contributed by atoms with van der Waals surface area (Å²) in [6, 6.07) is 21.8. The molecule has 0 aromatic heterocycles. The van der Waals surface area contributed by atoms with E-state index in [1.54, 1.807) is 24.3 Å². The summed E-state index contributed by atoms with van der Waals surface area (Å²) in [7, 11) is 7.39. The lowest BCUT2D eigenvalue weighted by Crippen LogP contribution is -2.35. The number of alkyl halides is 3. The molecule has 14 nitrogen and oxygen atoms in total. The summed E-state index contributed by atoms with van der Waals surface area (Å²) in [4.78, 5) is 31.7. The number of carbonyl (C=O) groups is 3. The van der Waals surface area contributed by atoms with Crippen LogP contribution in [-0.4, -0.2) is 92.2 Å². The number of carbonyl (C=O) groups excluding carboxylic acids is 1. The molecule has 2 unspecified atom stereocenters. The van der Waals surface area contributed by atoms with E-state index in [0.29, 0.717) is 29.3 Å². The standard InChI is InChI=1S/C29H37N7O3.C2HF3O2.C2H4O2/c1-20(18-35(2)3)39-25-16-13-22(17-26(25)38-5)27(33-23-14-11-21(12-15-23)28(30)31)29(32-19-37)34-36(4)24-9-7-6-8-10-24;3-2(4,5)1(6)7;1-2(3)4/h6-17,19-20,27,33H,18H2,1-5H3,(H3,30,31)(H,32,34,37);(H,6,7);1H3,(H,3,4). The van der Waals surface area contributed by atoms with Gasteiger partial charge in [-0.25, -0.2) is 4.79 Å². The molecular formula is C33H42F3N7O7. The van der Waals surface area contributed by atoms with E-state index in [0.717, 1.165) is 30.4 Å². The summed E-state index contributed by atoms with van der Waals surface area (Å²) in [5.74, 6) is -2.07. The van der Waals surface area contributed by atoms with Gasteiger partial charge in [-0.1, -0.05) is 24.3 Å². The first-order chi connectivity index (χ1) is 23.4. The summed E-state index contributed by atoms with van der Waals surface area (Å²) in [6.07, 6.45) is -4.54. The van der Waals surface area contributed by atoms with Crippen molar-refractivity contribution in [2.75, 3.05) is 45.1 Å². The number of nitrogen functional groups attached to an aromatic ring is 1. The van der Waals surface area contributed by atoms with Crippen LogP contribution in [0.3, 0.4) is 0 Å². The van der Waals surface area contributed by atoms with Gasteiger partial charge in [0.1, 0.15) is 18.0 Å². The first-order valence-corrected chi connectivity index (χ1v) is 14.7. The maximum Gasteiger partial charge on any atom is 0.490 e. The number of hydrogen-bond acceptors (Lipinski definition) is 10. The molecule has 50 heavy (non-hydrogen) atoms. The third kappa shape index (κ3) is 15.4. The van der Waals surface area contributed by atoms with Gasteiger partial charge in [0.2, 0.25) is 6.41 Å². The van der Waals surface area contributed by atoms with E-state index in [9.17, 15) is 18.0 Å². The largest absolute Gasteiger partial charge is 0.493 e. The maximum atomic E-state index is 11.7. The molecule has 3 aromatic rings. The minimum atomic E-state index is -5.08. The maximum absolute atomic E-state index is 11.7. The van der Waals surface area contributed by atoms with Crippen LogP contribution >= 0.6 is 0 Å². The van der Waals surface area contributed by atoms with Crippen molar-refractivity contribution in [3.63, 3.8) is 0 Å². The van der Waals surface area contributed by atoms with Gasteiger partial charge in [-0.3, -0.25) is 20.0 Å². The number of amides is 1. The number of hydrazone groups is 1. The van der Waals surface area contributed by atoms with E-state index in [2.05, 4.69) is 15.5 Å². The summed E-state index contributed by atoms with van der Waals surface area (Å²) >= 11 is 0. The molecule has 0 heterocycles. The monoisotopic (exact) mass is 705 g/mol. The molecule has 0 aliphatic rings. The Morgan fingerprint density at radius 3 is 2.04 bits per heavy atom. The van der Waals surface area contributed by atoms with Crippen LogP contribution in [0.15, 0.2) is 77.9 Å². The summed E-state index contributed by atoms with van der Waals surface area (Å²) in [5.41, 5.74) is 8.60. The van der Waals surface area contributed by atoms with Gasteiger partial charge in [-0.2, -0.15) is 18.3 Å². The predicted octanol–water partition coefficient (Wildman–Crippen LogP) is 4.38. The number of benzene rings is 3. The van der Waals surface area contributed by atoms with E-state index >= 15 is 0 Å². The molecule has 0 saturated heterocycles. The zero-order valence-electron chi connectivity index (χ0n) is 28.4. The number of anilines is 2. The van der Waals surface area contributed by atoms with Gasteiger partial charge >= 0.3 is 12.1 Å². The number of carboxylic acids is 2. The third-order valence-corrected chi connectivity index (χ3v) is 6.09. The highest BCUT2D eigenvalue weighted by atomic mass is 19.4. The fourth-order valence-electron chi connectivity index (χ4n) is 4.04. The van der Waals surface area contributed by atoms with Crippen molar-refractivity contribution in [3.8, 4) is 11.5 Å². The van der Waals surface area contributed by atoms with Crippen molar-refractivity contribution in [2.45, 2.75) is 32.2 Å². The number of nitrogens with zero attached hydrogens (tertiary/aromatic N) is 3. The van der Waals surface area contributed by atoms with Crippen LogP contribution in [-0.2, 0) is 14.4 Å². The predicted molar refractivity (Wildman–Crippen MR) is 184 cm³/mol. The second kappa shape index (κ2) is 20.5. The SMILES string of the molecule is CC(=O)O.COc1cc(C(Nc2ccc(C(=N)N)cc2)/C(=N/N(C)c2ccccc2)NC=O)ccc1OC(C)CN(C)C.O=C(O)C(F)(F)F. The molecular weight excluding hydrogens is 663 g/mol. The molecule has 7 N–H and O–H groups in total. The first kappa shape index (κ1) is 42.2. The molecule has 2 atom stereocenters. The normalized spacial score (nSPS) is 12.1. The number of halogens is 3. The van der Waals surface area contributed by atoms with E-state index < -0.39 is 24.2 Å². The number of nitrogens with two attached hydrogens (primary N) is 1. The van der Waals surface area contributed by atoms with Gasteiger partial charge in [0.15, 0.2) is 17.3 Å². The molecule has 3 rings (SSSR count). The summed E-state index contributed by atoms with van der Waals surface area (Å²) in [6.45, 7) is 3.83. The Morgan fingerprint density at radius 1 is 1.02 bits per heavy atom. The Bertz CT molecular complexity index is 1570. The second-order valence-corrected chi connectivity index (χ2v) is 10.6. The van der Waals surface area contributed by atoms with E-state index in [4.69, 9.17) is 45.5 Å². The van der Waals surface area contributed by atoms with Crippen molar-refractivity contribution in [3.05, 3.63) is 83.9 Å². The van der Waals surface area contributed by atoms with Gasteiger partial charge < -0.3 is 41.0 Å². The number of amidine groups is 2. The minimum absolute atomic E-state index is 0.0173. The average Bonchev–Trinajstić information content (AvgIpc) is 3.03. The molecule has 3 aromatic carbocycles. The smallest absolute Gasteiger partial charge is 0.490 e.